The van der Waals surface area contributed by atoms with Crippen molar-refractivity contribution in [2.24, 2.45) is 5.92 Å². The molecule has 3 aromatic rings. The molecule has 29 heavy (non-hydrogen) atoms. The number of nitrogens with zero attached hydrogens (tertiary/aromatic N) is 6. The first-order chi connectivity index (χ1) is 14.0. The number of nitrogens with one attached hydrogen (secondary N) is 1. The van der Waals surface area contributed by atoms with E-state index in [-0.39, 0.29) is 29.9 Å². The molecule has 4 N–H and O–H groups in total. The fourth-order valence-corrected chi connectivity index (χ4v) is 3.58. The van der Waals surface area contributed by atoms with Gasteiger partial charge in [-0.05, 0) is 19.9 Å². The Morgan fingerprint density at radius 3 is 2.97 bits per heavy atom. The van der Waals surface area contributed by atoms with E-state index in [1.54, 1.807) is 0 Å². The highest BCUT2D eigenvalue weighted by atomic mass is 16.5. The van der Waals surface area contributed by atoms with Gasteiger partial charge < -0.3 is 20.9 Å². The number of fused-ring (bicyclic) bond motifs is 1. The summed E-state index contributed by atoms with van der Waals surface area (Å²) in [5.74, 6) is 0.793. The maximum absolute atomic E-state index is 9.52. The fourth-order valence-electron chi connectivity index (χ4n) is 3.58. The number of aryl methyl sites for hydroxylation is 2. The van der Waals surface area contributed by atoms with Crippen molar-refractivity contribution in [1.29, 1.82) is 5.26 Å². The van der Waals surface area contributed by atoms with Crippen molar-refractivity contribution in [2.75, 3.05) is 37.4 Å². The van der Waals surface area contributed by atoms with Crippen LogP contribution >= 0.6 is 0 Å². The first kappa shape index (κ1) is 19.2. The van der Waals surface area contributed by atoms with Crippen LogP contribution < -0.4 is 11.1 Å². The molecule has 4 heterocycles. The zero-order valence-electron chi connectivity index (χ0n) is 16.5. The molecule has 0 radical (unpaired) electrons. The third kappa shape index (κ3) is 3.39. The number of hydrogen-bond donors (Lipinski definition) is 3. The van der Waals surface area contributed by atoms with Gasteiger partial charge in [0.25, 0.3) is 0 Å². The monoisotopic (exact) mass is 396 g/mol. The molecule has 10 nitrogen and oxygen atoms in total. The summed E-state index contributed by atoms with van der Waals surface area (Å²) < 4.78 is 8.83. The Kier molecular flexibility index (Phi) is 5.08. The summed E-state index contributed by atoms with van der Waals surface area (Å²) in [6.45, 7) is 5.56. The number of rotatable bonds is 6. The van der Waals surface area contributed by atoms with Crippen LogP contribution in [-0.2, 0) is 11.2 Å². The van der Waals surface area contributed by atoms with Gasteiger partial charge in [-0.25, -0.2) is 4.98 Å². The molecule has 1 aliphatic heterocycles. The average Bonchev–Trinajstić information content (AvgIpc) is 3.43. The lowest BCUT2D eigenvalue weighted by atomic mass is 10.1. The largest absolute Gasteiger partial charge is 0.396 e. The first-order valence-electron chi connectivity index (χ1n) is 9.55. The molecule has 152 valence electrons. The van der Waals surface area contributed by atoms with Crippen molar-refractivity contribution in [3.63, 3.8) is 0 Å². The molecular weight excluding hydrogens is 372 g/mol. The van der Waals surface area contributed by atoms with Gasteiger partial charge in [0.15, 0.2) is 5.65 Å². The van der Waals surface area contributed by atoms with Crippen LogP contribution in [0.2, 0.25) is 0 Å². The van der Waals surface area contributed by atoms with E-state index in [9.17, 15) is 10.4 Å². The molecule has 0 spiro atoms. The van der Waals surface area contributed by atoms with Gasteiger partial charge in [0, 0.05) is 30.6 Å². The Morgan fingerprint density at radius 2 is 2.21 bits per heavy atom. The zero-order chi connectivity index (χ0) is 20.5. The van der Waals surface area contributed by atoms with Crippen LogP contribution in [0.3, 0.4) is 0 Å². The highest BCUT2D eigenvalue weighted by Crippen LogP contribution is 2.26. The third-order valence-electron chi connectivity index (χ3n) is 5.46. The highest BCUT2D eigenvalue weighted by Gasteiger charge is 2.29. The summed E-state index contributed by atoms with van der Waals surface area (Å²) >= 11 is 0. The van der Waals surface area contributed by atoms with Gasteiger partial charge in [0.05, 0.1) is 37.3 Å². The number of aliphatic hydroxyl groups excluding tert-OH is 1. The predicted molar refractivity (Wildman–Crippen MR) is 106 cm³/mol. The van der Waals surface area contributed by atoms with E-state index >= 15 is 0 Å². The minimum atomic E-state index is 0.0591. The summed E-state index contributed by atoms with van der Waals surface area (Å²) in [5, 5.41) is 31.2. The smallest absolute Gasteiger partial charge is 0.162 e. The Hall–Kier alpha value is -3.16. The lowest BCUT2D eigenvalue weighted by Gasteiger charge is -2.15. The number of hydrogen-bond acceptors (Lipinski definition) is 8. The molecule has 2 unspecified atom stereocenters. The van der Waals surface area contributed by atoms with Gasteiger partial charge in [-0.1, -0.05) is 0 Å². The average molecular weight is 396 g/mol. The number of nitriles is 1. The molecule has 0 saturated carbocycles. The summed E-state index contributed by atoms with van der Waals surface area (Å²) in [7, 11) is 0. The predicted octanol–water partition coefficient (Wildman–Crippen LogP) is 0.831. The quantitative estimate of drug-likeness (QED) is 0.557. The maximum atomic E-state index is 9.52. The van der Waals surface area contributed by atoms with Crippen LogP contribution in [0.1, 0.15) is 28.6 Å². The van der Waals surface area contributed by atoms with E-state index in [0.29, 0.717) is 37.6 Å². The summed E-state index contributed by atoms with van der Waals surface area (Å²) in [6, 6.07) is 4.13. The van der Waals surface area contributed by atoms with E-state index in [1.807, 2.05) is 30.8 Å². The van der Waals surface area contributed by atoms with Gasteiger partial charge in [0.1, 0.15) is 23.3 Å². The zero-order valence-corrected chi connectivity index (χ0v) is 16.5. The minimum Gasteiger partial charge on any atom is -0.396 e. The van der Waals surface area contributed by atoms with Crippen LogP contribution in [0.25, 0.3) is 5.65 Å². The lowest BCUT2D eigenvalue weighted by molar-refractivity contribution is 0.160. The normalized spacial score (nSPS) is 19.0. The molecular formula is C19H24N8O2. The fraction of sp³-hybridized carbons (Fsp3) is 0.474. The molecule has 4 rings (SSSR count). The summed E-state index contributed by atoms with van der Waals surface area (Å²) in [5.41, 5.74) is 9.73. The second-order valence-corrected chi connectivity index (χ2v) is 7.29. The van der Waals surface area contributed by atoms with E-state index < -0.39 is 0 Å². The van der Waals surface area contributed by atoms with Crippen molar-refractivity contribution < 1.29 is 9.84 Å². The van der Waals surface area contributed by atoms with Crippen molar-refractivity contribution in [1.82, 2.24) is 24.4 Å². The molecule has 0 bridgehead atoms. The number of ether oxygens (including phenoxy) is 1. The topological polar surface area (TPSA) is 139 Å². The standard InChI is InChI=1S/C19H24N8O2/c1-11-12(2)24-27-17(21)15(7-20)18(23-19(11)27)22-5-3-14-4-6-26(25-14)16-10-29-9-13(16)8-28/h4,6,13,16,28H,3,5,8-10,21H2,1-2H3,(H,22,23). The maximum Gasteiger partial charge on any atom is 0.162 e. The molecule has 1 saturated heterocycles. The van der Waals surface area contributed by atoms with Crippen LogP contribution in [0, 0.1) is 31.1 Å². The third-order valence-corrected chi connectivity index (χ3v) is 5.46. The van der Waals surface area contributed by atoms with E-state index in [1.165, 1.54) is 4.52 Å². The van der Waals surface area contributed by atoms with Crippen molar-refractivity contribution >= 4 is 17.3 Å². The second-order valence-electron chi connectivity index (χ2n) is 7.29. The van der Waals surface area contributed by atoms with Crippen LogP contribution in [0.15, 0.2) is 12.3 Å². The van der Waals surface area contributed by atoms with Crippen molar-refractivity contribution in [3.8, 4) is 6.07 Å². The Balaban J connectivity index is 1.48. The van der Waals surface area contributed by atoms with Crippen LogP contribution in [-0.4, -0.2) is 55.9 Å². The Labute approximate surface area is 167 Å². The van der Waals surface area contributed by atoms with Gasteiger partial charge in [-0.2, -0.15) is 20.0 Å². The molecule has 2 atom stereocenters. The number of nitrogen functional groups attached to an aromatic ring is 1. The van der Waals surface area contributed by atoms with Crippen LogP contribution in [0.4, 0.5) is 11.6 Å². The van der Waals surface area contributed by atoms with E-state index in [2.05, 4.69) is 26.6 Å². The summed E-state index contributed by atoms with van der Waals surface area (Å²) in [4.78, 5) is 4.56. The Bertz CT molecular complexity index is 1080. The first-order valence-corrected chi connectivity index (χ1v) is 9.55. The van der Waals surface area contributed by atoms with Gasteiger partial charge in [0.2, 0.25) is 0 Å². The van der Waals surface area contributed by atoms with Gasteiger partial charge in [-0.3, -0.25) is 4.68 Å². The summed E-state index contributed by atoms with van der Waals surface area (Å²) in [6.07, 6.45) is 2.57. The molecule has 0 amide bonds. The lowest BCUT2D eigenvalue weighted by Crippen LogP contribution is -2.21. The van der Waals surface area contributed by atoms with E-state index in [4.69, 9.17) is 10.5 Å². The minimum absolute atomic E-state index is 0.0591. The second kappa shape index (κ2) is 7.69. The number of aliphatic hydroxyl groups is 1. The molecule has 10 heteroatoms. The van der Waals surface area contributed by atoms with Crippen LogP contribution in [0.5, 0.6) is 0 Å². The van der Waals surface area contributed by atoms with E-state index in [0.717, 1.165) is 17.0 Å². The molecule has 0 aromatic carbocycles. The van der Waals surface area contributed by atoms with Gasteiger partial charge >= 0.3 is 0 Å². The SMILES string of the molecule is Cc1nn2c(N)c(C#N)c(NCCc3ccn(C4COCC4CO)n3)nc2c1C. The molecule has 1 fully saturated rings. The van der Waals surface area contributed by atoms with Crippen molar-refractivity contribution in [2.45, 2.75) is 26.3 Å². The molecule has 0 aliphatic carbocycles. The number of anilines is 2. The Morgan fingerprint density at radius 1 is 1.38 bits per heavy atom. The highest BCUT2D eigenvalue weighted by molar-refractivity contribution is 5.69. The molecule has 1 aliphatic rings. The number of aromatic nitrogens is 5. The van der Waals surface area contributed by atoms with Gasteiger partial charge in [-0.15, -0.1) is 0 Å². The van der Waals surface area contributed by atoms with Crippen molar-refractivity contribution in [3.05, 3.63) is 34.8 Å². The number of nitrogens with two attached hydrogens (primary N) is 1. The molecule has 3 aromatic heterocycles.